The normalized spacial score (nSPS) is 12.0. The van der Waals surface area contributed by atoms with Gasteiger partial charge in [0.2, 0.25) is 0 Å². The zero-order valence-electron chi connectivity index (χ0n) is 17.1. The molecule has 0 spiro atoms. The summed E-state index contributed by atoms with van der Waals surface area (Å²) in [6, 6.07) is 13.7. The minimum atomic E-state index is -3.63. The van der Waals surface area contributed by atoms with Crippen LogP contribution in [0.5, 0.6) is 10.8 Å². The summed E-state index contributed by atoms with van der Waals surface area (Å²) in [6.45, 7) is 0.811. The molecule has 0 amide bonds. The number of phenolic OH excluding ortho intramolecular Hbond substituents is 1. The van der Waals surface area contributed by atoms with Gasteiger partial charge in [-0.15, -0.1) is 0 Å². The highest BCUT2D eigenvalue weighted by Crippen LogP contribution is 2.33. The van der Waals surface area contributed by atoms with E-state index < -0.39 is 10.0 Å². The Kier molecular flexibility index (Phi) is 6.42. The molecule has 8 nitrogen and oxygen atoms in total. The van der Waals surface area contributed by atoms with Crippen LogP contribution in [-0.4, -0.2) is 52.7 Å². The van der Waals surface area contributed by atoms with Crippen LogP contribution in [0.3, 0.4) is 0 Å². The van der Waals surface area contributed by atoms with Crippen molar-refractivity contribution in [2.75, 3.05) is 25.5 Å². The number of nitrogens with zero attached hydrogens (tertiary/aromatic N) is 3. The van der Waals surface area contributed by atoms with Gasteiger partial charge in [-0.25, -0.2) is 17.2 Å². The molecule has 0 radical (unpaired) electrons. The second kappa shape index (κ2) is 9.10. The first-order chi connectivity index (χ1) is 15.3. The lowest BCUT2D eigenvalue weighted by atomic mass is 10.1. The first-order valence-electron chi connectivity index (χ1n) is 9.72. The average molecular weight is 537 g/mol. The number of rotatable bonds is 8. The molecule has 0 aliphatic rings. The molecule has 0 fully saturated rings. The summed E-state index contributed by atoms with van der Waals surface area (Å²) < 4.78 is 29.1. The number of fused-ring (bicyclic) bond motifs is 1. The molecular weight excluding hydrogens is 516 g/mol. The van der Waals surface area contributed by atoms with Crippen LogP contribution < -0.4 is 5.32 Å². The van der Waals surface area contributed by atoms with E-state index in [9.17, 15) is 18.6 Å². The maximum absolute atomic E-state index is 12.6. The van der Waals surface area contributed by atoms with E-state index >= 15 is 0 Å². The van der Waals surface area contributed by atoms with Crippen molar-refractivity contribution in [2.24, 2.45) is 0 Å². The first kappa shape index (κ1) is 22.6. The molecule has 1 aromatic carbocycles. The number of aromatic nitrogens is 2. The smallest absolute Gasteiger partial charge is 0.252 e. The molecule has 32 heavy (non-hydrogen) atoms. The van der Waals surface area contributed by atoms with Crippen LogP contribution >= 0.6 is 27.3 Å². The van der Waals surface area contributed by atoms with E-state index in [1.807, 2.05) is 24.3 Å². The minimum absolute atomic E-state index is 0.0302. The summed E-state index contributed by atoms with van der Waals surface area (Å²) in [5.74, 6) is 0.907. The molecule has 4 aromatic rings. The van der Waals surface area contributed by atoms with Gasteiger partial charge in [0, 0.05) is 25.7 Å². The molecule has 0 aliphatic carbocycles. The molecule has 0 unspecified atom stereocenters. The summed E-state index contributed by atoms with van der Waals surface area (Å²) >= 11 is 4.35. The lowest BCUT2D eigenvalue weighted by molar-refractivity contribution is 0.467. The molecule has 168 valence electrons. The van der Waals surface area contributed by atoms with E-state index in [0.29, 0.717) is 25.1 Å². The van der Waals surface area contributed by atoms with Gasteiger partial charge in [-0.2, -0.15) is 5.10 Å². The third-order valence-electron chi connectivity index (χ3n) is 4.97. The number of phenols is 1. The van der Waals surface area contributed by atoms with E-state index in [-0.39, 0.29) is 15.0 Å². The predicted octanol–water partition coefficient (Wildman–Crippen LogP) is 4.36. The summed E-state index contributed by atoms with van der Waals surface area (Å²) in [4.78, 5) is 0. The Balaban J connectivity index is 1.49. The van der Waals surface area contributed by atoms with Crippen LogP contribution in [0.4, 0.5) is 5.82 Å². The Labute approximate surface area is 197 Å². The highest BCUT2D eigenvalue weighted by atomic mass is 79.9. The zero-order valence-corrected chi connectivity index (χ0v) is 20.3. The summed E-state index contributed by atoms with van der Waals surface area (Å²) in [5, 5.41) is 27.4. The number of benzene rings is 1. The van der Waals surface area contributed by atoms with Crippen molar-refractivity contribution in [1.82, 2.24) is 13.9 Å². The number of anilines is 1. The maximum Gasteiger partial charge on any atom is 0.252 e. The van der Waals surface area contributed by atoms with Crippen molar-refractivity contribution < 1.29 is 18.6 Å². The molecule has 3 heterocycles. The van der Waals surface area contributed by atoms with Gasteiger partial charge in [-0.05, 0) is 58.2 Å². The van der Waals surface area contributed by atoms with E-state index in [1.165, 1.54) is 23.5 Å². The number of nitrogens with one attached hydrogen (secondary N) is 1. The van der Waals surface area contributed by atoms with Crippen molar-refractivity contribution in [3.63, 3.8) is 0 Å². The van der Waals surface area contributed by atoms with Gasteiger partial charge >= 0.3 is 0 Å². The summed E-state index contributed by atoms with van der Waals surface area (Å²) in [5.41, 5.74) is 2.37. The largest absolute Gasteiger partial charge is 0.507 e. The summed E-state index contributed by atoms with van der Waals surface area (Å²) in [6.07, 6.45) is 2.25. The van der Waals surface area contributed by atoms with Crippen LogP contribution in [0.25, 0.3) is 16.6 Å². The Hall–Kier alpha value is -2.60. The lowest BCUT2D eigenvalue weighted by Gasteiger charge is -2.17. The number of sulfonamides is 1. The molecule has 0 atom stereocenters. The van der Waals surface area contributed by atoms with E-state index in [2.05, 4.69) is 26.3 Å². The number of hydrogen-bond acceptors (Lipinski definition) is 7. The van der Waals surface area contributed by atoms with Crippen LogP contribution in [-0.2, 0) is 10.0 Å². The second-order valence-electron chi connectivity index (χ2n) is 7.14. The van der Waals surface area contributed by atoms with Crippen LogP contribution in [0.1, 0.15) is 6.42 Å². The van der Waals surface area contributed by atoms with E-state index in [4.69, 9.17) is 0 Å². The molecule has 4 rings (SSSR count). The maximum atomic E-state index is 12.6. The minimum Gasteiger partial charge on any atom is -0.507 e. The van der Waals surface area contributed by atoms with Gasteiger partial charge in [-0.1, -0.05) is 29.5 Å². The van der Waals surface area contributed by atoms with Crippen LogP contribution in [0, 0.1) is 0 Å². The van der Waals surface area contributed by atoms with Crippen molar-refractivity contribution >= 4 is 48.6 Å². The van der Waals surface area contributed by atoms with E-state index in [0.717, 1.165) is 32.7 Å². The molecule has 3 N–H and O–H groups in total. The van der Waals surface area contributed by atoms with Crippen molar-refractivity contribution in [3.05, 3.63) is 59.2 Å². The molecule has 0 aliphatic heterocycles. The fraction of sp³-hybridized carbons (Fsp3) is 0.190. The van der Waals surface area contributed by atoms with E-state index in [1.54, 1.807) is 22.8 Å². The highest BCUT2D eigenvalue weighted by Gasteiger charge is 2.22. The van der Waals surface area contributed by atoms with Gasteiger partial charge in [0.15, 0.2) is 5.06 Å². The molecular formula is C21H21BrN4O4S2. The molecule has 11 heteroatoms. The molecule has 0 saturated heterocycles. The number of halogens is 1. The standard InChI is InChI=1S/C21H21BrN4O4S2/c1-25(32(29,30)21-8-7-20(28)31-21)10-4-9-23-19-12-14(15-5-2-3-6-18(15)27)11-17-16(22)13-24-26(17)19/h2-3,5-8,11-13,23,27-28H,4,9-10H2,1H3. The number of hydrogen-bond donors (Lipinski definition) is 3. The van der Waals surface area contributed by atoms with Crippen LogP contribution in [0.2, 0.25) is 0 Å². The van der Waals surface area contributed by atoms with Gasteiger partial charge in [0.1, 0.15) is 15.8 Å². The number of aromatic hydroxyl groups is 2. The zero-order chi connectivity index (χ0) is 22.9. The Morgan fingerprint density at radius 2 is 1.97 bits per heavy atom. The van der Waals surface area contributed by atoms with Gasteiger partial charge in [0.25, 0.3) is 10.0 Å². The Bertz CT molecular complexity index is 1370. The van der Waals surface area contributed by atoms with Gasteiger partial charge in [0.05, 0.1) is 16.2 Å². The number of pyridine rings is 1. The topological polar surface area (TPSA) is 107 Å². The number of para-hydroxylation sites is 1. The SMILES string of the molecule is CN(CCCNc1cc(-c2ccccc2O)cc2c(Br)cnn12)S(=O)(=O)c1ccc(O)s1. The third kappa shape index (κ3) is 4.46. The van der Waals surface area contributed by atoms with Crippen molar-refractivity contribution in [1.29, 1.82) is 0 Å². The Morgan fingerprint density at radius 3 is 2.69 bits per heavy atom. The third-order valence-corrected chi connectivity index (χ3v) is 8.80. The Morgan fingerprint density at radius 1 is 1.19 bits per heavy atom. The average Bonchev–Trinajstić information content (AvgIpc) is 3.37. The molecule has 0 saturated carbocycles. The van der Waals surface area contributed by atoms with Crippen molar-refractivity contribution in [3.8, 4) is 21.9 Å². The monoisotopic (exact) mass is 536 g/mol. The quantitative estimate of drug-likeness (QED) is 0.289. The predicted molar refractivity (Wildman–Crippen MR) is 129 cm³/mol. The fourth-order valence-corrected chi connectivity index (χ4v) is 6.13. The number of thiophene rings is 1. The lowest BCUT2D eigenvalue weighted by Crippen LogP contribution is -2.28. The van der Waals surface area contributed by atoms with Crippen LogP contribution in [0.15, 0.2) is 63.4 Å². The molecule has 0 bridgehead atoms. The summed E-state index contributed by atoms with van der Waals surface area (Å²) in [7, 11) is -2.11. The highest BCUT2D eigenvalue weighted by molar-refractivity contribution is 9.10. The second-order valence-corrected chi connectivity index (χ2v) is 11.3. The van der Waals surface area contributed by atoms with Gasteiger partial charge in [-0.3, -0.25) is 0 Å². The molecule has 3 aromatic heterocycles. The first-order valence-corrected chi connectivity index (χ1v) is 12.8. The van der Waals surface area contributed by atoms with Crippen molar-refractivity contribution in [2.45, 2.75) is 10.6 Å². The van der Waals surface area contributed by atoms with Gasteiger partial charge < -0.3 is 15.5 Å². The fourth-order valence-electron chi connectivity index (χ4n) is 3.30.